The van der Waals surface area contributed by atoms with Crippen LogP contribution in [0, 0.1) is 6.92 Å². The molecule has 0 N–H and O–H groups in total. The van der Waals surface area contributed by atoms with E-state index in [1.165, 1.54) is 11.3 Å². The van der Waals surface area contributed by atoms with Gasteiger partial charge in [0.05, 0.1) is 22.1 Å². The largest absolute Gasteiger partial charge is 0.419 e. The maximum atomic E-state index is 12.6. The Morgan fingerprint density at radius 3 is 2.80 bits per heavy atom. The molecule has 1 aromatic carbocycles. The second kappa shape index (κ2) is 7.76. The number of hydrogen-bond donors (Lipinski definition) is 0. The van der Waals surface area contributed by atoms with Crippen LogP contribution < -0.4 is 0 Å². The minimum atomic E-state index is -0.135. The van der Waals surface area contributed by atoms with E-state index in [1.807, 2.05) is 32.0 Å². The summed E-state index contributed by atoms with van der Waals surface area (Å²) in [7, 11) is 0. The Morgan fingerprint density at radius 1 is 1.32 bits per heavy atom. The molecule has 3 aromatic rings. The molecule has 2 heterocycles. The summed E-state index contributed by atoms with van der Waals surface area (Å²) in [6.07, 6.45) is 0.820. The molecule has 0 aliphatic rings. The highest BCUT2D eigenvalue weighted by molar-refractivity contribution is 7.09. The molecule has 0 unspecified atom stereocenters. The molecule has 25 heavy (non-hydrogen) atoms. The van der Waals surface area contributed by atoms with Crippen LogP contribution in [-0.4, -0.2) is 32.5 Å². The van der Waals surface area contributed by atoms with Crippen LogP contribution in [0.15, 0.2) is 34.1 Å². The van der Waals surface area contributed by atoms with Gasteiger partial charge in [0.2, 0.25) is 11.8 Å². The Morgan fingerprint density at radius 2 is 2.12 bits per heavy atom. The first-order valence-electron chi connectivity index (χ1n) is 7.87. The molecule has 0 atom stereocenters. The predicted molar refractivity (Wildman–Crippen MR) is 96.6 cm³/mol. The lowest BCUT2D eigenvalue weighted by Gasteiger charge is -2.18. The van der Waals surface area contributed by atoms with Gasteiger partial charge >= 0.3 is 0 Å². The van der Waals surface area contributed by atoms with Crippen LogP contribution in [0.5, 0.6) is 0 Å². The molecule has 0 saturated heterocycles. The number of amides is 1. The Labute approximate surface area is 154 Å². The highest BCUT2D eigenvalue weighted by atomic mass is 35.5. The minimum absolute atomic E-state index is 0.135. The monoisotopic (exact) mass is 376 g/mol. The number of aromatic nitrogens is 3. The van der Waals surface area contributed by atoms with Crippen molar-refractivity contribution < 1.29 is 9.21 Å². The number of benzene rings is 1. The molecule has 0 aliphatic heterocycles. The molecular weight excluding hydrogens is 360 g/mol. The standard InChI is InChI=1S/C17H17ClN4O2S/c1-3-8-22(17(23)14-10-25-11(2)19-14)9-15-20-21-16(24-15)12-6-4-5-7-13(12)18/h4-7,10H,3,8-9H2,1-2H3. The number of thiazole rings is 1. The van der Waals surface area contributed by atoms with Gasteiger partial charge in [0.1, 0.15) is 5.69 Å². The van der Waals surface area contributed by atoms with Gasteiger partial charge in [-0.1, -0.05) is 30.7 Å². The van der Waals surface area contributed by atoms with Crippen LogP contribution in [0.3, 0.4) is 0 Å². The van der Waals surface area contributed by atoms with Crippen molar-refractivity contribution in [3.05, 3.63) is 51.3 Å². The normalized spacial score (nSPS) is 10.8. The topological polar surface area (TPSA) is 72.1 Å². The zero-order valence-electron chi connectivity index (χ0n) is 13.9. The maximum Gasteiger partial charge on any atom is 0.273 e. The summed E-state index contributed by atoms with van der Waals surface area (Å²) < 4.78 is 5.70. The molecule has 0 aliphatic carbocycles. The van der Waals surface area contributed by atoms with Gasteiger partial charge in [-0.2, -0.15) is 0 Å². The van der Waals surface area contributed by atoms with Gasteiger partial charge < -0.3 is 9.32 Å². The van der Waals surface area contributed by atoms with Crippen LogP contribution in [0.2, 0.25) is 5.02 Å². The Kier molecular flexibility index (Phi) is 5.45. The molecule has 1 amide bonds. The lowest BCUT2D eigenvalue weighted by molar-refractivity contribution is 0.0723. The second-order valence-electron chi connectivity index (χ2n) is 5.46. The fourth-order valence-electron chi connectivity index (χ4n) is 2.37. The van der Waals surface area contributed by atoms with E-state index in [4.69, 9.17) is 16.0 Å². The molecule has 2 aromatic heterocycles. The molecule has 0 radical (unpaired) electrons. The first-order valence-corrected chi connectivity index (χ1v) is 9.13. The van der Waals surface area contributed by atoms with Gasteiger partial charge in [0.15, 0.2) is 0 Å². The highest BCUT2D eigenvalue weighted by Gasteiger charge is 2.21. The van der Waals surface area contributed by atoms with Gasteiger partial charge in [-0.15, -0.1) is 21.5 Å². The molecular formula is C17H17ClN4O2S. The summed E-state index contributed by atoms with van der Waals surface area (Å²) in [6.45, 7) is 4.70. The quantitative estimate of drug-likeness (QED) is 0.644. The summed E-state index contributed by atoms with van der Waals surface area (Å²) in [5.74, 6) is 0.571. The van der Waals surface area contributed by atoms with Crippen LogP contribution in [-0.2, 0) is 6.54 Å². The number of rotatable bonds is 6. The van der Waals surface area contributed by atoms with E-state index in [9.17, 15) is 4.79 Å². The van der Waals surface area contributed by atoms with Crippen molar-refractivity contribution >= 4 is 28.8 Å². The molecule has 0 spiro atoms. The van der Waals surface area contributed by atoms with Crippen molar-refractivity contribution in [2.45, 2.75) is 26.8 Å². The van der Waals surface area contributed by atoms with Crippen LogP contribution in [0.1, 0.15) is 34.7 Å². The third-order valence-electron chi connectivity index (χ3n) is 3.52. The van der Waals surface area contributed by atoms with Crippen molar-refractivity contribution in [3.63, 3.8) is 0 Å². The zero-order valence-corrected chi connectivity index (χ0v) is 15.5. The number of hydrogen-bond acceptors (Lipinski definition) is 6. The van der Waals surface area contributed by atoms with E-state index in [0.717, 1.165) is 11.4 Å². The average Bonchev–Trinajstić information content (AvgIpc) is 3.23. The van der Waals surface area contributed by atoms with E-state index in [-0.39, 0.29) is 12.5 Å². The van der Waals surface area contributed by atoms with Crippen molar-refractivity contribution in [1.29, 1.82) is 0 Å². The Bertz CT molecular complexity index is 877. The molecule has 130 valence electrons. The van der Waals surface area contributed by atoms with E-state index < -0.39 is 0 Å². The smallest absolute Gasteiger partial charge is 0.273 e. The van der Waals surface area contributed by atoms with Crippen molar-refractivity contribution in [2.24, 2.45) is 0 Å². The number of halogens is 1. The predicted octanol–water partition coefficient (Wildman–Crippen LogP) is 4.21. The molecule has 6 nitrogen and oxygen atoms in total. The summed E-state index contributed by atoms with van der Waals surface area (Å²) >= 11 is 7.61. The molecule has 0 saturated carbocycles. The number of carbonyl (C=O) groups is 1. The van der Waals surface area contributed by atoms with Gasteiger partial charge in [0.25, 0.3) is 5.91 Å². The molecule has 8 heteroatoms. The fraction of sp³-hybridized carbons (Fsp3) is 0.294. The van der Waals surface area contributed by atoms with Gasteiger partial charge in [-0.25, -0.2) is 4.98 Å². The number of carbonyl (C=O) groups excluding carboxylic acids is 1. The van der Waals surface area contributed by atoms with E-state index in [2.05, 4.69) is 15.2 Å². The third kappa shape index (κ3) is 4.05. The van der Waals surface area contributed by atoms with Crippen LogP contribution >= 0.6 is 22.9 Å². The lowest BCUT2D eigenvalue weighted by Crippen LogP contribution is -2.31. The summed E-state index contributed by atoms with van der Waals surface area (Å²) in [5, 5.41) is 11.3. The summed E-state index contributed by atoms with van der Waals surface area (Å²) in [6, 6.07) is 7.26. The Hall–Kier alpha value is -2.25. The van der Waals surface area contributed by atoms with Gasteiger partial charge in [-0.05, 0) is 25.5 Å². The SMILES string of the molecule is CCCN(Cc1nnc(-c2ccccc2Cl)o1)C(=O)c1csc(C)n1. The lowest BCUT2D eigenvalue weighted by atomic mass is 10.2. The maximum absolute atomic E-state index is 12.6. The molecule has 0 bridgehead atoms. The summed E-state index contributed by atoms with van der Waals surface area (Å²) in [4.78, 5) is 18.6. The number of aryl methyl sites for hydroxylation is 1. The summed E-state index contributed by atoms with van der Waals surface area (Å²) in [5.41, 5.74) is 1.12. The second-order valence-corrected chi connectivity index (χ2v) is 6.93. The zero-order chi connectivity index (χ0) is 17.8. The van der Waals surface area contributed by atoms with Gasteiger partial charge in [-0.3, -0.25) is 4.79 Å². The number of nitrogens with zero attached hydrogens (tertiary/aromatic N) is 4. The molecule has 3 rings (SSSR count). The van der Waals surface area contributed by atoms with Crippen molar-refractivity contribution in [2.75, 3.05) is 6.54 Å². The van der Waals surface area contributed by atoms with Crippen molar-refractivity contribution in [1.82, 2.24) is 20.1 Å². The Balaban J connectivity index is 1.79. The van der Waals surface area contributed by atoms with Crippen molar-refractivity contribution in [3.8, 4) is 11.5 Å². The van der Waals surface area contributed by atoms with E-state index in [1.54, 1.807) is 16.3 Å². The van der Waals surface area contributed by atoms with Crippen LogP contribution in [0.4, 0.5) is 0 Å². The fourth-order valence-corrected chi connectivity index (χ4v) is 3.17. The minimum Gasteiger partial charge on any atom is -0.419 e. The average molecular weight is 377 g/mol. The third-order valence-corrected chi connectivity index (χ3v) is 4.62. The highest BCUT2D eigenvalue weighted by Crippen LogP contribution is 2.26. The van der Waals surface area contributed by atoms with Gasteiger partial charge in [0, 0.05) is 11.9 Å². The first-order chi connectivity index (χ1) is 12.1. The van der Waals surface area contributed by atoms with E-state index >= 15 is 0 Å². The molecule has 0 fully saturated rings. The van der Waals surface area contributed by atoms with Crippen LogP contribution in [0.25, 0.3) is 11.5 Å². The van der Waals surface area contributed by atoms with E-state index in [0.29, 0.717) is 34.6 Å². The first kappa shape index (κ1) is 17.6.